The van der Waals surface area contributed by atoms with Gasteiger partial charge in [-0.2, -0.15) is 0 Å². The Morgan fingerprint density at radius 2 is 2.05 bits per heavy atom. The third-order valence-electron chi connectivity index (χ3n) is 4.96. The molecular weight excluding hydrogens is 253 g/mol. The number of nitrogens with zero attached hydrogens (tertiary/aromatic N) is 1. The van der Waals surface area contributed by atoms with Crippen LogP contribution in [-0.2, 0) is 6.54 Å². The van der Waals surface area contributed by atoms with Crippen molar-refractivity contribution in [2.24, 2.45) is 5.92 Å². The van der Waals surface area contributed by atoms with E-state index in [0.717, 1.165) is 37.9 Å². The van der Waals surface area contributed by atoms with E-state index in [1.54, 1.807) is 12.1 Å². The summed E-state index contributed by atoms with van der Waals surface area (Å²) >= 11 is 0. The highest BCUT2D eigenvalue weighted by atomic mass is 19.1. The van der Waals surface area contributed by atoms with Crippen LogP contribution in [0.5, 0.6) is 0 Å². The molecule has 0 spiro atoms. The van der Waals surface area contributed by atoms with Gasteiger partial charge in [0.25, 0.3) is 0 Å². The van der Waals surface area contributed by atoms with Gasteiger partial charge in [0.15, 0.2) is 0 Å². The van der Waals surface area contributed by atoms with Crippen LogP contribution >= 0.6 is 0 Å². The van der Waals surface area contributed by atoms with Crippen LogP contribution in [0, 0.1) is 11.7 Å². The number of hydrogen-bond donors (Lipinski definition) is 1. The molecule has 1 aliphatic heterocycles. The minimum Gasteiger partial charge on any atom is -0.393 e. The smallest absolute Gasteiger partial charge is 0.123 e. The maximum absolute atomic E-state index is 13.3. The van der Waals surface area contributed by atoms with Gasteiger partial charge in [0.1, 0.15) is 5.82 Å². The van der Waals surface area contributed by atoms with Crippen LogP contribution in [0.1, 0.15) is 44.1 Å². The predicted octanol–water partition coefficient (Wildman–Crippen LogP) is 3.34. The highest BCUT2D eigenvalue weighted by Gasteiger charge is 2.36. The molecule has 3 heteroatoms. The van der Waals surface area contributed by atoms with Gasteiger partial charge in [0, 0.05) is 18.5 Å². The van der Waals surface area contributed by atoms with Crippen molar-refractivity contribution < 1.29 is 9.50 Å². The lowest BCUT2D eigenvalue weighted by molar-refractivity contribution is 0.0312. The van der Waals surface area contributed by atoms with Gasteiger partial charge in [-0.3, -0.25) is 4.90 Å². The van der Waals surface area contributed by atoms with Gasteiger partial charge in [-0.05, 0) is 49.9 Å². The van der Waals surface area contributed by atoms with E-state index in [1.807, 2.05) is 6.07 Å². The summed E-state index contributed by atoms with van der Waals surface area (Å²) in [5, 5.41) is 10.2. The second-order valence-corrected chi connectivity index (χ2v) is 6.33. The summed E-state index contributed by atoms with van der Waals surface area (Å²) in [6, 6.07) is 7.40. The predicted molar refractivity (Wildman–Crippen MR) is 77.8 cm³/mol. The SMILES string of the molecule is OC1CCCC1C1CCCCN1Cc1cccc(F)c1. The topological polar surface area (TPSA) is 23.5 Å². The molecule has 1 saturated heterocycles. The van der Waals surface area contributed by atoms with Gasteiger partial charge in [-0.15, -0.1) is 0 Å². The van der Waals surface area contributed by atoms with Gasteiger partial charge in [0.2, 0.25) is 0 Å². The number of piperidine rings is 1. The van der Waals surface area contributed by atoms with E-state index in [4.69, 9.17) is 0 Å². The molecule has 3 unspecified atom stereocenters. The van der Waals surface area contributed by atoms with E-state index in [0.29, 0.717) is 12.0 Å². The van der Waals surface area contributed by atoms with E-state index in [9.17, 15) is 9.50 Å². The third-order valence-corrected chi connectivity index (χ3v) is 4.96. The average Bonchev–Trinajstić information content (AvgIpc) is 2.86. The zero-order valence-corrected chi connectivity index (χ0v) is 12.0. The fraction of sp³-hybridized carbons (Fsp3) is 0.647. The fourth-order valence-corrected chi connectivity index (χ4v) is 3.99. The van der Waals surface area contributed by atoms with Crippen LogP contribution in [0.15, 0.2) is 24.3 Å². The van der Waals surface area contributed by atoms with Gasteiger partial charge >= 0.3 is 0 Å². The monoisotopic (exact) mass is 277 g/mol. The number of aliphatic hydroxyl groups is 1. The van der Waals surface area contributed by atoms with Crippen molar-refractivity contribution in [2.45, 2.75) is 57.2 Å². The van der Waals surface area contributed by atoms with Crippen molar-refractivity contribution >= 4 is 0 Å². The van der Waals surface area contributed by atoms with E-state index in [1.165, 1.54) is 25.3 Å². The van der Waals surface area contributed by atoms with E-state index in [2.05, 4.69) is 4.90 Å². The van der Waals surface area contributed by atoms with E-state index >= 15 is 0 Å². The van der Waals surface area contributed by atoms with Crippen molar-refractivity contribution in [1.29, 1.82) is 0 Å². The van der Waals surface area contributed by atoms with Crippen LogP contribution in [0.25, 0.3) is 0 Å². The molecule has 3 rings (SSSR count). The third kappa shape index (κ3) is 3.04. The standard InChI is InChI=1S/C17H24FNO/c18-14-6-3-5-13(11-14)12-19-10-2-1-8-16(19)15-7-4-9-17(15)20/h3,5-6,11,15-17,20H,1-2,4,7-10,12H2. The van der Waals surface area contributed by atoms with Crippen molar-refractivity contribution in [1.82, 2.24) is 4.90 Å². The molecule has 1 aliphatic carbocycles. The number of likely N-dealkylation sites (tertiary alicyclic amines) is 1. The lowest BCUT2D eigenvalue weighted by atomic mass is 9.87. The van der Waals surface area contributed by atoms with Crippen LogP contribution in [0.3, 0.4) is 0 Å². The molecule has 2 nitrogen and oxygen atoms in total. The van der Waals surface area contributed by atoms with Crippen LogP contribution in [0.2, 0.25) is 0 Å². The van der Waals surface area contributed by atoms with Crippen LogP contribution in [0.4, 0.5) is 4.39 Å². The summed E-state index contributed by atoms with van der Waals surface area (Å²) in [6.45, 7) is 1.88. The molecule has 1 saturated carbocycles. The highest BCUT2D eigenvalue weighted by Crippen LogP contribution is 2.35. The van der Waals surface area contributed by atoms with Crippen molar-refractivity contribution in [3.63, 3.8) is 0 Å². The van der Waals surface area contributed by atoms with Gasteiger partial charge in [-0.25, -0.2) is 4.39 Å². The molecule has 3 atom stereocenters. The molecule has 1 N–H and O–H groups in total. The lowest BCUT2D eigenvalue weighted by Gasteiger charge is -2.40. The maximum Gasteiger partial charge on any atom is 0.123 e. The molecule has 0 amide bonds. The molecule has 1 heterocycles. The maximum atomic E-state index is 13.3. The Morgan fingerprint density at radius 1 is 1.15 bits per heavy atom. The van der Waals surface area contributed by atoms with Gasteiger partial charge in [0.05, 0.1) is 6.10 Å². The summed E-state index contributed by atoms with van der Waals surface area (Å²) in [5.41, 5.74) is 1.05. The Balaban J connectivity index is 1.72. The van der Waals surface area contributed by atoms with Crippen molar-refractivity contribution in [3.8, 4) is 0 Å². The van der Waals surface area contributed by atoms with E-state index < -0.39 is 0 Å². The van der Waals surface area contributed by atoms with Crippen LogP contribution in [-0.4, -0.2) is 28.7 Å². The number of aliphatic hydroxyl groups excluding tert-OH is 1. The summed E-state index contributed by atoms with van der Waals surface area (Å²) < 4.78 is 13.3. The van der Waals surface area contributed by atoms with Gasteiger partial charge in [-0.1, -0.05) is 25.0 Å². The summed E-state index contributed by atoms with van der Waals surface area (Å²) in [7, 11) is 0. The lowest BCUT2D eigenvalue weighted by Crippen LogP contribution is -2.45. The molecule has 0 radical (unpaired) electrons. The molecular formula is C17H24FNO. The Morgan fingerprint density at radius 3 is 2.80 bits per heavy atom. The van der Waals surface area contributed by atoms with Crippen molar-refractivity contribution in [3.05, 3.63) is 35.6 Å². The largest absolute Gasteiger partial charge is 0.393 e. The molecule has 0 bridgehead atoms. The molecule has 0 aromatic heterocycles. The Kier molecular flexibility index (Phi) is 4.37. The van der Waals surface area contributed by atoms with Crippen LogP contribution < -0.4 is 0 Å². The highest BCUT2D eigenvalue weighted by molar-refractivity contribution is 5.16. The summed E-state index contributed by atoms with van der Waals surface area (Å²) in [5.74, 6) is 0.265. The average molecular weight is 277 g/mol. The molecule has 2 fully saturated rings. The first-order chi connectivity index (χ1) is 9.74. The first-order valence-corrected chi connectivity index (χ1v) is 7.90. The number of hydrogen-bond acceptors (Lipinski definition) is 2. The van der Waals surface area contributed by atoms with Crippen molar-refractivity contribution in [2.75, 3.05) is 6.54 Å². The Hall–Kier alpha value is -0.930. The fourth-order valence-electron chi connectivity index (χ4n) is 3.99. The second kappa shape index (κ2) is 6.23. The zero-order valence-electron chi connectivity index (χ0n) is 12.0. The first-order valence-electron chi connectivity index (χ1n) is 7.90. The number of rotatable bonds is 3. The molecule has 20 heavy (non-hydrogen) atoms. The molecule has 110 valence electrons. The number of benzene rings is 1. The molecule has 1 aromatic rings. The summed E-state index contributed by atoms with van der Waals surface area (Å²) in [4.78, 5) is 2.47. The zero-order chi connectivity index (χ0) is 13.9. The molecule has 1 aromatic carbocycles. The minimum absolute atomic E-state index is 0.131. The first kappa shape index (κ1) is 14.0. The molecule has 2 aliphatic rings. The quantitative estimate of drug-likeness (QED) is 0.916. The number of halogens is 1. The van der Waals surface area contributed by atoms with Gasteiger partial charge < -0.3 is 5.11 Å². The Labute approximate surface area is 120 Å². The van der Waals surface area contributed by atoms with E-state index in [-0.39, 0.29) is 11.9 Å². The second-order valence-electron chi connectivity index (χ2n) is 6.33. The minimum atomic E-state index is -0.156. The summed E-state index contributed by atoms with van der Waals surface area (Å²) in [6.07, 6.45) is 6.77. The normalized spacial score (nSPS) is 31.6. The Bertz CT molecular complexity index is 450.